The number of piperidine rings is 1. The van der Waals surface area contributed by atoms with Gasteiger partial charge in [-0.2, -0.15) is 5.10 Å². The van der Waals surface area contributed by atoms with Gasteiger partial charge in [-0.25, -0.2) is 18.9 Å². The molecule has 0 spiro atoms. The van der Waals surface area contributed by atoms with Crippen molar-refractivity contribution in [2.24, 2.45) is 0 Å². The fourth-order valence-corrected chi connectivity index (χ4v) is 8.95. The molecule has 4 aromatic rings. The van der Waals surface area contributed by atoms with Crippen LogP contribution < -0.4 is 10.1 Å². The number of carbonyl (C=O) groups is 1. The first-order chi connectivity index (χ1) is 27.8. The molecule has 2 aromatic carbocycles. The molecule has 3 heterocycles. The number of aliphatic hydroxyl groups is 1. The Balaban J connectivity index is 1.47. The van der Waals surface area contributed by atoms with Crippen LogP contribution in [0.4, 0.5) is 9.18 Å². The van der Waals surface area contributed by atoms with Crippen molar-refractivity contribution in [1.82, 2.24) is 29.5 Å². The minimum absolute atomic E-state index is 0.00613. The zero-order valence-corrected chi connectivity index (χ0v) is 40.3. The molecular weight excluding hydrogens is 800 g/mol. The summed E-state index contributed by atoms with van der Waals surface area (Å²) < 4.78 is 43.5. The number of benzene rings is 2. The molecule has 0 aliphatic carbocycles. The molecule has 16 heteroatoms. The zero-order chi connectivity index (χ0) is 43.0. The van der Waals surface area contributed by atoms with Crippen LogP contribution in [0.3, 0.4) is 0 Å². The Morgan fingerprint density at radius 1 is 0.881 bits per heavy atom. The summed E-state index contributed by atoms with van der Waals surface area (Å²) in [5, 5.41) is 18.9. The van der Waals surface area contributed by atoms with E-state index in [4.69, 9.17) is 29.0 Å². The van der Waals surface area contributed by atoms with Gasteiger partial charge in [0.05, 0.1) is 23.9 Å². The van der Waals surface area contributed by atoms with E-state index in [1.807, 2.05) is 27.6 Å². The van der Waals surface area contributed by atoms with Crippen molar-refractivity contribution in [3.8, 4) is 28.4 Å². The van der Waals surface area contributed by atoms with Crippen molar-refractivity contribution >= 4 is 41.2 Å². The van der Waals surface area contributed by atoms with Crippen molar-refractivity contribution < 1.29 is 33.2 Å². The number of carbonyl (C=O) groups excluding carboxylic acids is 1. The summed E-state index contributed by atoms with van der Waals surface area (Å²) in [5.41, 5.74) is 4.77. The number of aliphatic hydroxyl groups excluding tert-OH is 1. The molecule has 1 aliphatic heterocycles. The minimum atomic E-state index is -1.33. The van der Waals surface area contributed by atoms with Gasteiger partial charge in [0, 0.05) is 68.7 Å². The summed E-state index contributed by atoms with van der Waals surface area (Å²) in [6, 6.07) is 12.3. The number of ether oxygens (including phenoxy) is 4. The number of fused-ring (bicyclic) bond motifs is 1. The standard InChI is InChI=1S/C43H69FN6O6Si3/c1-11-32-25-40(56-31-55-20-23-59(8,9)10)38(44)26-37(32)33-12-13-36-39(24-33)50(30-54-19-22-58(5,6)7)47-41(36)42-46-34(28-49(42)29-53-18-21-57(2,3)4)27-45-43(52)48-16-14-35(51)15-17-48/h12-13,24-26,28,35,51H,11,14-23,27,29-31H2,1-10H3,(H,45,52). The Morgan fingerprint density at radius 2 is 1.51 bits per heavy atom. The summed E-state index contributed by atoms with van der Waals surface area (Å²) in [5.74, 6) is 0.364. The number of nitrogens with zero attached hydrogens (tertiary/aromatic N) is 5. The van der Waals surface area contributed by atoms with Crippen LogP contribution in [0, 0.1) is 5.82 Å². The molecule has 0 unspecified atom stereocenters. The number of aryl methyl sites for hydroxylation is 1. The van der Waals surface area contributed by atoms with Crippen LogP contribution in [0.2, 0.25) is 77.1 Å². The third-order valence-electron chi connectivity index (χ3n) is 10.5. The van der Waals surface area contributed by atoms with Crippen LogP contribution in [0.5, 0.6) is 5.75 Å². The van der Waals surface area contributed by atoms with Crippen LogP contribution in [0.1, 0.15) is 31.0 Å². The van der Waals surface area contributed by atoms with E-state index in [-0.39, 0.29) is 44.7 Å². The predicted octanol–water partition coefficient (Wildman–Crippen LogP) is 9.25. The second kappa shape index (κ2) is 20.4. The first-order valence-corrected chi connectivity index (χ1v) is 32.4. The fourth-order valence-electron chi connectivity index (χ4n) is 6.68. The maximum Gasteiger partial charge on any atom is 0.317 e. The highest BCUT2D eigenvalue weighted by molar-refractivity contribution is 6.76. The summed E-state index contributed by atoms with van der Waals surface area (Å²) in [6.07, 6.45) is 3.38. The highest BCUT2D eigenvalue weighted by atomic mass is 28.3. The van der Waals surface area contributed by atoms with Crippen LogP contribution in [0.25, 0.3) is 33.5 Å². The second-order valence-corrected chi connectivity index (χ2v) is 36.3. The number of rotatable bonds is 21. The molecule has 59 heavy (non-hydrogen) atoms. The number of amides is 2. The van der Waals surface area contributed by atoms with Gasteiger partial charge in [-0.3, -0.25) is 0 Å². The minimum Gasteiger partial charge on any atom is -0.464 e. The molecule has 0 bridgehead atoms. The summed E-state index contributed by atoms with van der Waals surface area (Å²) in [7, 11) is -3.89. The van der Waals surface area contributed by atoms with E-state index in [2.05, 4.69) is 77.2 Å². The topological polar surface area (TPSA) is 125 Å². The molecule has 2 aromatic heterocycles. The molecule has 0 radical (unpaired) electrons. The Bertz CT molecular complexity index is 2000. The van der Waals surface area contributed by atoms with Crippen molar-refractivity contribution in [2.45, 2.75) is 129 Å². The van der Waals surface area contributed by atoms with E-state index in [1.54, 1.807) is 17.0 Å². The van der Waals surface area contributed by atoms with Gasteiger partial charge < -0.3 is 38.8 Å². The number of nitrogens with one attached hydrogen (secondary N) is 1. The molecule has 2 N–H and O–H groups in total. The van der Waals surface area contributed by atoms with Gasteiger partial charge >= 0.3 is 6.03 Å². The van der Waals surface area contributed by atoms with E-state index in [9.17, 15) is 9.90 Å². The molecule has 5 rings (SSSR count). The average Bonchev–Trinajstić information content (AvgIpc) is 3.73. The van der Waals surface area contributed by atoms with E-state index < -0.39 is 30.0 Å². The second-order valence-electron chi connectivity index (χ2n) is 19.5. The van der Waals surface area contributed by atoms with Gasteiger partial charge in [0.15, 0.2) is 24.2 Å². The largest absolute Gasteiger partial charge is 0.464 e. The lowest BCUT2D eigenvalue weighted by atomic mass is 9.96. The number of likely N-dealkylation sites (tertiary alicyclic amines) is 1. The van der Waals surface area contributed by atoms with E-state index >= 15 is 4.39 Å². The quantitative estimate of drug-likeness (QED) is 0.0483. The van der Waals surface area contributed by atoms with Gasteiger partial charge in [0.2, 0.25) is 0 Å². The SMILES string of the molecule is CCc1cc(OCOCC[Si](C)(C)C)c(F)cc1-c1ccc2c(-c3nc(CNC(=O)N4CCC(O)CC4)cn3COCC[Si](C)(C)C)nn(COCC[Si](C)(C)C)c2c1. The van der Waals surface area contributed by atoms with E-state index in [0.29, 0.717) is 69.4 Å². The molecule has 0 atom stereocenters. The fraction of sp³-hybridized carbons (Fsp3) is 0.605. The van der Waals surface area contributed by atoms with Crippen LogP contribution in [-0.2, 0) is 40.6 Å². The van der Waals surface area contributed by atoms with Gasteiger partial charge in [0.25, 0.3) is 0 Å². The highest BCUT2D eigenvalue weighted by Gasteiger charge is 2.24. The number of hydrogen-bond acceptors (Lipinski definition) is 8. The Morgan fingerprint density at radius 3 is 2.14 bits per heavy atom. The molecular formula is C43H69FN6O6Si3. The normalized spacial score (nSPS) is 14.4. The van der Waals surface area contributed by atoms with Gasteiger partial charge in [0.1, 0.15) is 19.2 Å². The molecule has 1 saturated heterocycles. The van der Waals surface area contributed by atoms with Crippen molar-refractivity contribution in [1.29, 1.82) is 0 Å². The lowest BCUT2D eigenvalue weighted by molar-refractivity contribution is 0.0197. The van der Waals surface area contributed by atoms with Gasteiger partial charge in [-0.1, -0.05) is 71.9 Å². The lowest BCUT2D eigenvalue weighted by Gasteiger charge is -2.29. The molecule has 2 amide bonds. The molecule has 1 fully saturated rings. The summed E-state index contributed by atoms with van der Waals surface area (Å²) in [4.78, 5) is 19.8. The number of urea groups is 1. The Labute approximate surface area is 353 Å². The maximum absolute atomic E-state index is 15.7. The van der Waals surface area contributed by atoms with E-state index in [0.717, 1.165) is 45.7 Å². The van der Waals surface area contributed by atoms with Crippen molar-refractivity contribution in [3.05, 3.63) is 53.6 Å². The summed E-state index contributed by atoms with van der Waals surface area (Å²) in [6.45, 7) is 26.5. The molecule has 12 nitrogen and oxygen atoms in total. The first kappa shape index (κ1) is 46.7. The van der Waals surface area contributed by atoms with Crippen LogP contribution in [0.15, 0.2) is 36.5 Å². The molecule has 0 saturated carbocycles. The zero-order valence-electron chi connectivity index (χ0n) is 37.3. The third-order valence-corrected chi connectivity index (χ3v) is 15.7. The lowest BCUT2D eigenvalue weighted by Crippen LogP contribution is -2.45. The Hall–Kier alpha value is -3.39. The number of imidazole rings is 1. The third kappa shape index (κ3) is 14.1. The van der Waals surface area contributed by atoms with Crippen molar-refractivity contribution in [2.75, 3.05) is 39.7 Å². The number of aromatic nitrogens is 4. The first-order valence-electron chi connectivity index (χ1n) is 21.3. The smallest absolute Gasteiger partial charge is 0.317 e. The summed E-state index contributed by atoms with van der Waals surface area (Å²) >= 11 is 0. The number of hydrogen-bond donors (Lipinski definition) is 2. The van der Waals surface area contributed by atoms with Crippen LogP contribution in [-0.4, -0.2) is 105 Å². The van der Waals surface area contributed by atoms with Gasteiger partial charge in [-0.05, 0) is 78.4 Å². The van der Waals surface area contributed by atoms with Crippen LogP contribution >= 0.6 is 0 Å². The molecule has 326 valence electrons. The Kier molecular flexibility index (Phi) is 16.2. The van der Waals surface area contributed by atoms with E-state index in [1.165, 1.54) is 0 Å². The maximum atomic E-state index is 15.7. The van der Waals surface area contributed by atoms with Crippen molar-refractivity contribution in [3.63, 3.8) is 0 Å². The van der Waals surface area contributed by atoms with Gasteiger partial charge in [-0.15, -0.1) is 0 Å². The monoisotopic (exact) mass is 868 g/mol. The molecule has 1 aliphatic rings. The average molecular weight is 869 g/mol. The number of halogens is 1. The highest BCUT2D eigenvalue weighted by Crippen LogP contribution is 2.35. The predicted molar refractivity (Wildman–Crippen MR) is 243 cm³/mol.